The van der Waals surface area contributed by atoms with Gasteiger partial charge < -0.3 is 9.80 Å². The second-order valence-corrected chi connectivity index (χ2v) is 7.72. The standard InChI is InChI=1S/C19H27N5O/c1-13(2)24-18-14(12-21-24)10-15(11-20-18)19(25)23-9-5-7-17(23)16-6-4-8-22(16)3/h10-13,16-17H,4-9H2,1-3H3/t16-,17+/m0/s1. The molecule has 2 fully saturated rings. The van der Waals surface area contributed by atoms with Crippen LogP contribution in [0, 0.1) is 0 Å². The number of pyridine rings is 1. The molecule has 0 N–H and O–H groups in total. The molecule has 2 atom stereocenters. The molecule has 134 valence electrons. The Bertz CT molecular complexity index is 783. The molecule has 2 saturated heterocycles. The van der Waals surface area contributed by atoms with Crippen LogP contribution in [0.15, 0.2) is 18.5 Å². The van der Waals surface area contributed by atoms with E-state index in [2.05, 4.69) is 40.8 Å². The molecular formula is C19H27N5O. The topological polar surface area (TPSA) is 54.3 Å². The lowest BCUT2D eigenvalue weighted by molar-refractivity contribution is 0.0664. The van der Waals surface area contributed by atoms with Gasteiger partial charge in [0.1, 0.15) is 0 Å². The van der Waals surface area contributed by atoms with Gasteiger partial charge in [-0.3, -0.25) is 4.79 Å². The molecule has 6 heteroatoms. The average molecular weight is 341 g/mol. The van der Waals surface area contributed by atoms with E-state index >= 15 is 0 Å². The number of carbonyl (C=O) groups is 1. The molecule has 0 aromatic carbocycles. The number of likely N-dealkylation sites (N-methyl/N-ethyl adjacent to an activating group) is 1. The van der Waals surface area contributed by atoms with Crippen LogP contribution in [0.2, 0.25) is 0 Å². The average Bonchev–Trinajstić information content (AvgIpc) is 3.31. The van der Waals surface area contributed by atoms with Crippen molar-refractivity contribution in [1.82, 2.24) is 24.6 Å². The molecule has 0 spiro atoms. The highest BCUT2D eigenvalue weighted by Crippen LogP contribution is 2.30. The number of hydrogen-bond donors (Lipinski definition) is 0. The van der Waals surface area contributed by atoms with Crippen LogP contribution < -0.4 is 0 Å². The molecule has 2 aromatic heterocycles. The second kappa shape index (κ2) is 6.41. The van der Waals surface area contributed by atoms with Gasteiger partial charge in [0.25, 0.3) is 5.91 Å². The molecule has 25 heavy (non-hydrogen) atoms. The van der Waals surface area contributed by atoms with E-state index in [4.69, 9.17) is 0 Å². The van der Waals surface area contributed by atoms with E-state index in [9.17, 15) is 4.79 Å². The second-order valence-electron chi connectivity index (χ2n) is 7.72. The van der Waals surface area contributed by atoms with Crippen molar-refractivity contribution >= 4 is 16.9 Å². The summed E-state index contributed by atoms with van der Waals surface area (Å²) in [4.78, 5) is 22.2. The zero-order valence-electron chi connectivity index (χ0n) is 15.4. The van der Waals surface area contributed by atoms with Crippen LogP contribution in [0.25, 0.3) is 11.0 Å². The van der Waals surface area contributed by atoms with Crippen LogP contribution >= 0.6 is 0 Å². The Labute approximate surface area is 148 Å². The van der Waals surface area contributed by atoms with Gasteiger partial charge in [-0.2, -0.15) is 5.10 Å². The summed E-state index contributed by atoms with van der Waals surface area (Å²) in [7, 11) is 2.19. The van der Waals surface area contributed by atoms with Crippen molar-refractivity contribution in [2.75, 3.05) is 20.1 Å². The Morgan fingerprint density at radius 1 is 1.16 bits per heavy atom. The Kier molecular flexibility index (Phi) is 4.23. The van der Waals surface area contributed by atoms with Gasteiger partial charge in [-0.05, 0) is 59.2 Å². The summed E-state index contributed by atoms with van der Waals surface area (Å²) in [6, 6.07) is 3.05. The molecule has 0 radical (unpaired) electrons. The van der Waals surface area contributed by atoms with E-state index in [1.807, 2.05) is 16.9 Å². The first kappa shape index (κ1) is 16.5. The molecule has 2 aliphatic rings. The normalized spacial score (nSPS) is 24.7. The number of rotatable bonds is 3. The van der Waals surface area contributed by atoms with Gasteiger partial charge in [-0.15, -0.1) is 0 Å². The minimum atomic E-state index is 0.120. The lowest BCUT2D eigenvalue weighted by atomic mass is 10.0. The Balaban J connectivity index is 1.60. The number of likely N-dealkylation sites (tertiary alicyclic amines) is 2. The SMILES string of the molecule is CC(C)n1ncc2cc(C(=O)N3CCC[C@@H]3[C@@H]3CCCN3C)cnc21. The smallest absolute Gasteiger partial charge is 0.255 e. The summed E-state index contributed by atoms with van der Waals surface area (Å²) in [6.45, 7) is 6.17. The molecule has 4 rings (SSSR count). The molecule has 1 amide bonds. The van der Waals surface area contributed by atoms with E-state index < -0.39 is 0 Å². The molecule has 0 aliphatic carbocycles. The molecule has 2 aliphatic heterocycles. The maximum Gasteiger partial charge on any atom is 0.255 e. The van der Waals surface area contributed by atoms with Crippen molar-refractivity contribution in [2.24, 2.45) is 0 Å². The fourth-order valence-electron chi connectivity index (χ4n) is 4.47. The Morgan fingerprint density at radius 2 is 1.92 bits per heavy atom. The van der Waals surface area contributed by atoms with E-state index in [0.29, 0.717) is 17.6 Å². The van der Waals surface area contributed by atoms with E-state index in [1.54, 1.807) is 6.20 Å². The summed E-state index contributed by atoms with van der Waals surface area (Å²) >= 11 is 0. The summed E-state index contributed by atoms with van der Waals surface area (Å²) < 4.78 is 1.90. The maximum absolute atomic E-state index is 13.1. The number of fused-ring (bicyclic) bond motifs is 1. The fourth-order valence-corrected chi connectivity index (χ4v) is 4.47. The van der Waals surface area contributed by atoms with Gasteiger partial charge in [-0.25, -0.2) is 9.67 Å². The van der Waals surface area contributed by atoms with Crippen molar-refractivity contribution in [3.8, 4) is 0 Å². The van der Waals surface area contributed by atoms with Crippen LogP contribution in [0.1, 0.15) is 55.9 Å². The van der Waals surface area contributed by atoms with Crippen LogP contribution in [-0.2, 0) is 0 Å². The Morgan fingerprint density at radius 3 is 2.64 bits per heavy atom. The highest BCUT2D eigenvalue weighted by molar-refractivity contribution is 5.97. The van der Waals surface area contributed by atoms with Gasteiger partial charge in [0.2, 0.25) is 0 Å². The highest BCUT2D eigenvalue weighted by atomic mass is 16.2. The number of carbonyl (C=O) groups excluding carboxylic acids is 1. The quantitative estimate of drug-likeness (QED) is 0.861. The fraction of sp³-hybridized carbons (Fsp3) is 0.632. The van der Waals surface area contributed by atoms with Crippen LogP contribution in [0.4, 0.5) is 0 Å². The van der Waals surface area contributed by atoms with Crippen molar-refractivity contribution in [3.05, 3.63) is 24.0 Å². The lowest BCUT2D eigenvalue weighted by Gasteiger charge is -2.33. The zero-order chi connectivity index (χ0) is 17.6. The molecule has 2 aromatic rings. The summed E-state index contributed by atoms with van der Waals surface area (Å²) in [5.74, 6) is 0.120. The maximum atomic E-state index is 13.1. The van der Waals surface area contributed by atoms with Crippen LogP contribution in [0.3, 0.4) is 0 Å². The minimum absolute atomic E-state index is 0.120. The predicted molar refractivity (Wildman–Crippen MR) is 97.6 cm³/mol. The molecule has 6 nitrogen and oxygen atoms in total. The van der Waals surface area contributed by atoms with Gasteiger partial charge in [-0.1, -0.05) is 0 Å². The van der Waals surface area contributed by atoms with Gasteiger partial charge in [0.05, 0.1) is 11.8 Å². The van der Waals surface area contributed by atoms with E-state index in [0.717, 1.165) is 37.0 Å². The van der Waals surface area contributed by atoms with Gasteiger partial charge in [0, 0.05) is 36.3 Å². The summed E-state index contributed by atoms with van der Waals surface area (Å²) in [5.41, 5.74) is 1.53. The van der Waals surface area contributed by atoms with Crippen molar-refractivity contribution in [1.29, 1.82) is 0 Å². The molecular weight excluding hydrogens is 314 g/mol. The van der Waals surface area contributed by atoms with Crippen LogP contribution in [-0.4, -0.2) is 62.7 Å². The first-order valence-corrected chi connectivity index (χ1v) is 9.40. The molecule has 0 unspecified atom stereocenters. The number of hydrogen-bond acceptors (Lipinski definition) is 4. The largest absolute Gasteiger partial charge is 0.334 e. The highest BCUT2D eigenvalue weighted by Gasteiger charge is 2.38. The summed E-state index contributed by atoms with van der Waals surface area (Å²) in [6.07, 6.45) is 8.18. The van der Waals surface area contributed by atoms with E-state index in [-0.39, 0.29) is 11.9 Å². The van der Waals surface area contributed by atoms with Crippen molar-refractivity contribution < 1.29 is 4.79 Å². The minimum Gasteiger partial charge on any atom is -0.334 e. The number of nitrogens with zero attached hydrogens (tertiary/aromatic N) is 5. The first-order chi connectivity index (χ1) is 12.1. The number of amides is 1. The van der Waals surface area contributed by atoms with Crippen LogP contribution in [0.5, 0.6) is 0 Å². The number of aromatic nitrogens is 3. The molecule has 0 bridgehead atoms. The summed E-state index contributed by atoms with van der Waals surface area (Å²) in [5, 5.41) is 5.34. The zero-order valence-corrected chi connectivity index (χ0v) is 15.4. The van der Waals surface area contributed by atoms with Gasteiger partial charge in [0.15, 0.2) is 5.65 Å². The Hall–Kier alpha value is -1.95. The monoisotopic (exact) mass is 341 g/mol. The lowest BCUT2D eigenvalue weighted by Crippen LogP contribution is -2.47. The molecule has 4 heterocycles. The first-order valence-electron chi connectivity index (χ1n) is 9.40. The van der Waals surface area contributed by atoms with Gasteiger partial charge >= 0.3 is 0 Å². The third kappa shape index (κ3) is 2.82. The van der Waals surface area contributed by atoms with E-state index in [1.165, 1.54) is 12.8 Å². The molecule has 0 saturated carbocycles. The third-order valence-corrected chi connectivity index (χ3v) is 5.75. The third-order valence-electron chi connectivity index (χ3n) is 5.75. The predicted octanol–water partition coefficient (Wildman–Crippen LogP) is 2.71. The van der Waals surface area contributed by atoms with Crippen molar-refractivity contribution in [3.63, 3.8) is 0 Å². The van der Waals surface area contributed by atoms with Crippen molar-refractivity contribution in [2.45, 2.75) is 57.7 Å².